The Morgan fingerprint density at radius 1 is 1.27 bits per heavy atom. The molecule has 1 heterocycles. The minimum absolute atomic E-state index is 0.210. The van der Waals surface area contributed by atoms with Crippen molar-refractivity contribution in [1.82, 2.24) is 10.2 Å². The van der Waals surface area contributed by atoms with E-state index in [0.717, 1.165) is 6.42 Å². The van der Waals surface area contributed by atoms with E-state index in [1.165, 1.54) is 5.56 Å². The molecule has 0 radical (unpaired) electrons. The fraction of sp³-hybridized carbons (Fsp3) is 0.273. The predicted octanol–water partition coefficient (Wildman–Crippen LogP) is 3.22. The van der Waals surface area contributed by atoms with Gasteiger partial charge >= 0.3 is 0 Å². The predicted molar refractivity (Wildman–Crippen MR) is 65.6 cm³/mol. The molecule has 4 heteroatoms. The van der Waals surface area contributed by atoms with Crippen LogP contribution >= 0.6 is 22.6 Å². The number of rotatable bonds is 3. The first-order chi connectivity index (χ1) is 7.31. The summed E-state index contributed by atoms with van der Waals surface area (Å²) in [5.41, 5.74) is 1.22. The van der Waals surface area contributed by atoms with Crippen LogP contribution in [0.5, 0.6) is 0 Å². The zero-order valence-corrected chi connectivity index (χ0v) is 10.5. The second-order valence-corrected chi connectivity index (χ2v) is 4.19. The lowest BCUT2D eigenvalue weighted by Crippen LogP contribution is -1.99. The highest BCUT2D eigenvalue weighted by Crippen LogP contribution is 2.26. The van der Waals surface area contributed by atoms with Crippen LogP contribution in [-0.4, -0.2) is 10.2 Å². The summed E-state index contributed by atoms with van der Waals surface area (Å²) in [4.78, 5) is 0. The zero-order chi connectivity index (χ0) is 10.7. The van der Waals surface area contributed by atoms with Crippen molar-refractivity contribution in [2.45, 2.75) is 19.3 Å². The summed E-state index contributed by atoms with van der Waals surface area (Å²) >= 11 is 2.03. The second-order valence-electron chi connectivity index (χ2n) is 3.26. The Morgan fingerprint density at radius 3 is 2.53 bits per heavy atom. The Balaban J connectivity index is 2.33. The lowest BCUT2D eigenvalue weighted by Gasteiger charge is -2.09. The summed E-state index contributed by atoms with van der Waals surface area (Å²) in [6.45, 7) is 2.12. The number of nitrogens with zero attached hydrogens (tertiary/aromatic N) is 2. The van der Waals surface area contributed by atoms with Crippen molar-refractivity contribution in [1.29, 1.82) is 0 Å². The molecule has 0 aliphatic heterocycles. The molecule has 3 nitrogen and oxygen atoms in total. The lowest BCUT2D eigenvalue weighted by atomic mass is 9.97. The Morgan fingerprint density at radius 2 is 2.00 bits per heavy atom. The number of aromatic nitrogens is 2. The van der Waals surface area contributed by atoms with Gasteiger partial charge < -0.3 is 4.42 Å². The summed E-state index contributed by atoms with van der Waals surface area (Å²) < 4.78 is 6.05. The normalized spacial score (nSPS) is 12.7. The highest BCUT2D eigenvalue weighted by Gasteiger charge is 2.17. The van der Waals surface area contributed by atoms with Gasteiger partial charge in [-0.15, -0.1) is 10.2 Å². The first-order valence-corrected chi connectivity index (χ1v) is 5.93. The van der Waals surface area contributed by atoms with E-state index in [9.17, 15) is 0 Å². The summed E-state index contributed by atoms with van der Waals surface area (Å²) in [5, 5.41) is 7.92. The van der Waals surface area contributed by atoms with Gasteiger partial charge in [0.2, 0.25) is 5.89 Å². The van der Waals surface area contributed by atoms with E-state index >= 15 is 0 Å². The summed E-state index contributed by atoms with van der Waals surface area (Å²) in [6, 6.07) is 10.2. The summed E-state index contributed by atoms with van der Waals surface area (Å²) in [6.07, 6.45) is 0.961. The van der Waals surface area contributed by atoms with Crippen LogP contribution in [0.15, 0.2) is 34.7 Å². The smallest absolute Gasteiger partial charge is 0.278 e. The fourth-order valence-corrected chi connectivity index (χ4v) is 1.93. The first-order valence-electron chi connectivity index (χ1n) is 4.85. The van der Waals surface area contributed by atoms with E-state index < -0.39 is 0 Å². The molecule has 1 aromatic heterocycles. The van der Waals surface area contributed by atoms with Gasteiger partial charge in [-0.05, 0) is 12.0 Å². The average Bonchev–Trinajstić information content (AvgIpc) is 2.68. The van der Waals surface area contributed by atoms with Gasteiger partial charge in [-0.2, -0.15) is 0 Å². The first kappa shape index (κ1) is 10.6. The van der Waals surface area contributed by atoms with Crippen LogP contribution in [-0.2, 0) is 0 Å². The minimum Gasteiger partial charge on any atom is -0.416 e. The van der Waals surface area contributed by atoms with E-state index in [1.54, 1.807) is 0 Å². The van der Waals surface area contributed by atoms with Crippen LogP contribution in [0.4, 0.5) is 0 Å². The topological polar surface area (TPSA) is 38.9 Å². The molecule has 0 aliphatic rings. The molecule has 0 fully saturated rings. The van der Waals surface area contributed by atoms with Crippen molar-refractivity contribution < 1.29 is 4.42 Å². The van der Waals surface area contributed by atoms with Gasteiger partial charge in [-0.3, -0.25) is 0 Å². The largest absolute Gasteiger partial charge is 0.416 e. The molecule has 2 aromatic rings. The van der Waals surface area contributed by atoms with Crippen LogP contribution in [0.25, 0.3) is 0 Å². The molecule has 2 rings (SSSR count). The van der Waals surface area contributed by atoms with Crippen LogP contribution in [0, 0.1) is 3.90 Å². The lowest BCUT2D eigenvalue weighted by molar-refractivity contribution is 0.444. The third kappa shape index (κ3) is 2.37. The maximum Gasteiger partial charge on any atom is 0.278 e. The molecule has 0 aliphatic carbocycles. The van der Waals surface area contributed by atoms with E-state index in [4.69, 9.17) is 4.42 Å². The van der Waals surface area contributed by atoms with Crippen molar-refractivity contribution >= 4 is 22.6 Å². The molecule has 15 heavy (non-hydrogen) atoms. The Bertz CT molecular complexity index is 427. The van der Waals surface area contributed by atoms with E-state index in [2.05, 4.69) is 29.3 Å². The van der Waals surface area contributed by atoms with Gasteiger partial charge in [-0.1, -0.05) is 37.3 Å². The zero-order valence-electron chi connectivity index (χ0n) is 8.35. The standard InChI is InChI=1S/C11H11IN2O/c1-2-9(8-6-4-3-5-7-8)10-13-14-11(12)15-10/h3-7,9H,2H2,1H3. The third-order valence-electron chi connectivity index (χ3n) is 2.32. The quantitative estimate of drug-likeness (QED) is 0.817. The maximum absolute atomic E-state index is 5.46. The van der Waals surface area contributed by atoms with E-state index in [0.29, 0.717) is 9.79 Å². The fourth-order valence-electron chi connectivity index (χ4n) is 1.59. The van der Waals surface area contributed by atoms with Crippen molar-refractivity contribution in [3.8, 4) is 0 Å². The molecule has 0 spiro atoms. The van der Waals surface area contributed by atoms with Crippen molar-refractivity contribution in [2.75, 3.05) is 0 Å². The number of benzene rings is 1. The molecule has 1 unspecified atom stereocenters. The summed E-state index contributed by atoms with van der Waals surface area (Å²) in [7, 11) is 0. The Labute approximate surface area is 102 Å². The van der Waals surface area contributed by atoms with Crippen LogP contribution in [0.1, 0.15) is 30.7 Å². The van der Waals surface area contributed by atoms with Gasteiger partial charge in [0.25, 0.3) is 3.90 Å². The van der Waals surface area contributed by atoms with E-state index in [-0.39, 0.29) is 5.92 Å². The summed E-state index contributed by atoms with van der Waals surface area (Å²) in [5.74, 6) is 0.912. The minimum atomic E-state index is 0.210. The number of halogens is 1. The molecular weight excluding hydrogens is 303 g/mol. The van der Waals surface area contributed by atoms with Gasteiger partial charge in [0, 0.05) is 22.6 Å². The molecule has 0 amide bonds. The number of hydrogen-bond donors (Lipinski definition) is 0. The molecule has 0 saturated heterocycles. The average molecular weight is 314 g/mol. The molecule has 0 N–H and O–H groups in total. The number of hydrogen-bond acceptors (Lipinski definition) is 3. The van der Waals surface area contributed by atoms with Crippen LogP contribution in [0.3, 0.4) is 0 Å². The highest BCUT2D eigenvalue weighted by atomic mass is 127. The van der Waals surface area contributed by atoms with Crippen LogP contribution in [0.2, 0.25) is 0 Å². The van der Waals surface area contributed by atoms with Gasteiger partial charge in [0.15, 0.2) is 0 Å². The molecular formula is C11H11IN2O. The SMILES string of the molecule is CCC(c1ccccc1)c1nnc(I)o1. The Hall–Kier alpha value is -0.910. The van der Waals surface area contributed by atoms with Crippen molar-refractivity contribution in [3.63, 3.8) is 0 Å². The Kier molecular flexibility index (Phi) is 3.35. The van der Waals surface area contributed by atoms with Gasteiger partial charge in [-0.25, -0.2) is 0 Å². The van der Waals surface area contributed by atoms with E-state index in [1.807, 2.05) is 40.8 Å². The van der Waals surface area contributed by atoms with Crippen LogP contribution < -0.4 is 0 Å². The van der Waals surface area contributed by atoms with Crippen molar-refractivity contribution in [3.05, 3.63) is 45.7 Å². The van der Waals surface area contributed by atoms with Crippen molar-refractivity contribution in [2.24, 2.45) is 0 Å². The molecule has 78 valence electrons. The van der Waals surface area contributed by atoms with Gasteiger partial charge in [0.05, 0.1) is 5.92 Å². The molecule has 1 aromatic carbocycles. The monoisotopic (exact) mass is 314 g/mol. The third-order valence-corrected chi connectivity index (χ3v) is 2.76. The van der Waals surface area contributed by atoms with Gasteiger partial charge in [0.1, 0.15) is 0 Å². The molecule has 0 bridgehead atoms. The molecule has 0 saturated carbocycles. The molecule has 1 atom stereocenters. The highest BCUT2D eigenvalue weighted by molar-refractivity contribution is 14.1. The second kappa shape index (κ2) is 4.74. The maximum atomic E-state index is 5.46.